The van der Waals surface area contributed by atoms with E-state index in [4.69, 9.17) is 29.0 Å². The molecule has 0 aliphatic carbocycles. The molecule has 0 unspecified atom stereocenters. The van der Waals surface area contributed by atoms with Gasteiger partial charge in [-0.1, -0.05) is 0 Å². The fourth-order valence-corrected chi connectivity index (χ4v) is 0.158. The molecule has 0 fully saturated rings. The highest BCUT2D eigenvalue weighted by atomic mass is 32.3. The van der Waals surface area contributed by atoms with Crippen LogP contribution in [0.15, 0.2) is 10.2 Å². The largest absolute Gasteiger partial charge is 0.394 e. The van der Waals surface area contributed by atoms with Crippen LogP contribution in [0.4, 0.5) is 0 Å². The third-order valence-electron chi connectivity index (χ3n) is 0.365. The number of guanidine groups is 1. The van der Waals surface area contributed by atoms with E-state index in [0.29, 0.717) is 0 Å². The van der Waals surface area contributed by atoms with E-state index in [9.17, 15) is 0 Å². The van der Waals surface area contributed by atoms with Gasteiger partial charge in [-0.2, -0.15) is 13.5 Å². The molecule has 0 atom stereocenters. The topological polar surface area (TPSA) is 151 Å². The van der Waals surface area contributed by atoms with E-state index in [1.54, 1.807) is 0 Å². The van der Waals surface area contributed by atoms with Crippen molar-refractivity contribution in [3.8, 4) is 0 Å². The Balaban J connectivity index is 0. The Kier molecular flexibility index (Phi) is 6.99. The average molecular weight is 212 g/mol. The molecule has 0 saturated carbocycles. The van der Waals surface area contributed by atoms with Crippen molar-refractivity contribution in [3.05, 3.63) is 0 Å². The number of hydrogen-bond acceptors (Lipinski definition) is 4. The lowest BCUT2D eigenvalue weighted by Crippen LogP contribution is -2.21. The average Bonchev–Trinajstić information content (AvgIpc) is 1.79. The van der Waals surface area contributed by atoms with Gasteiger partial charge in [0, 0.05) is 5.71 Å². The van der Waals surface area contributed by atoms with Gasteiger partial charge in [-0.25, -0.2) is 0 Å². The molecule has 0 rings (SSSR count). The van der Waals surface area contributed by atoms with Crippen molar-refractivity contribution in [1.29, 1.82) is 0 Å². The van der Waals surface area contributed by atoms with Gasteiger partial charge in [0.25, 0.3) is 0 Å². The van der Waals surface area contributed by atoms with Gasteiger partial charge in [0.15, 0.2) is 0 Å². The maximum absolute atomic E-state index is 8.74. The SMILES string of the molecule is CC(C)=NN=C(N)N.O=S(=O)(O)O. The fraction of sp³-hybridized carbons (Fsp3) is 0.500. The van der Waals surface area contributed by atoms with Crippen molar-refractivity contribution in [3.63, 3.8) is 0 Å². The van der Waals surface area contributed by atoms with Crippen LogP contribution >= 0.6 is 0 Å². The Hall–Kier alpha value is -1.19. The first kappa shape index (κ1) is 14.3. The van der Waals surface area contributed by atoms with Crippen molar-refractivity contribution in [2.45, 2.75) is 13.8 Å². The van der Waals surface area contributed by atoms with Crippen LogP contribution in [-0.2, 0) is 10.4 Å². The number of rotatable bonds is 1. The second kappa shape index (κ2) is 6.34. The van der Waals surface area contributed by atoms with Crippen LogP contribution in [0, 0.1) is 0 Å². The summed E-state index contributed by atoms with van der Waals surface area (Å²) in [5, 5.41) is 6.96. The Morgan fingerprint density at radius 1 is 1.15 bits per heavy atom. The number of nitrogens with two attached hydrogens (primary N) is 2. The minimum atomic E-state index is -4.67. The quantitative estimate of drug-likeness (QED) is 0.189. The highest BCUT2D eigenvalue weighted by molar-refractivity contribution is 7.79. The minimum absolute atomic E-state index is 0.00815. The van der Waals surface area contributed by atoms with Crippen LogP contribution in [-0.4, -0.2) is 29.2 Å². The summed E-state index contributed by atoms with van der Waals surface area (Å²) in [6.45, 7) is 3.62. The smallest absolute Gasteiger partial charge is 0.369 e. The van der Waals surface area contributed by atoms with Crippen molar-refractivity contribution in [2.24, 2.45) is 21.7 Å². The molecule has 0 aliphatic heterocycles. The first-order valence-corrected chi connectivity index (χ1v) is 4.32. The van der Waals surface area contributed by atoms with Crippen LogP contribution in [0.3, 0.4) is 0 Å². The fourth-order valence-electron chi connectivity index (χ4n) is 0.158. The molecule has 0 spiro atoms. The maximum atomic E-state index is 8.74. The third kappa shape index (κ3) is 57.8. The molecule has 0 radical (unpaired) electrons. The zero-order valence-electron chi connectivity index (χ0n) is 7.17. The van der Waals surface area contributed by atoms with Crippen LogP contribution in [0.2, 0.25) is 0 Å². The Bertz CT molecular complexity index is 261. The van der Waals surface area contributed by atoms with Gasteiger partial charge in [0.2, 0.25) is 5.96 Å². The Morgan fingerprint density at radius 2 is 1.46 bits per heavy atom. The van der Waals surface area contributed by atoms with E-state index in [1.165, 1.54) is 0 Å². The summed E-state index contributed by atoms with van der Waals surface area (Å²) in [4.78, 5) is 0. The molecule has 0 amide bonds. The van der Waals surface area contributed by atoms with Crippen molar-refractivity contribution in [2.75, 3.05) is 0 Å². The molecule has 0 aliphatic rings. The highest BCUT2D eigenvalue weighted by Gasteiger charge is 1.84. The lowest BCUT2D eigenvalue weighted by Gasteiger charge is -1.83. The summed E-state index contributed by atoms with van der Waals surface area (Å²) in [7, 11) is -4.67. The number of hydrogen-bond donors (Lipinski definition) is 4. The van der Waals surface area contributed by atoms with E-state index in [2.05, 4.69) is 10.2 Å². The molecule has 13 heavy (non-hydrogen) atoms. The van der Waals surface area contributed by atoms with E-state index in [-0.39, 0.29) is 5.96 Å². The summed E-state index contributed by atoms with van der Waals surface area (Å²) < 4.78 is 31.6. The van der Waals surface area contributed by atoms with Crippen LogP contribution in [0.1, 0.15) is 13.8 Å². The molecule has 78 valence electrons. The predicted molar refractivity (Wildman–Crippen MR) is 48.8 cm³/mol. The minimum Gasteiger partial charge on any atom is -0.369 e. The van der Waals surface area contributed by atoms with Gasteiger partial charge in [0.1, 0.15) is 0 Å². The summed E-state index contributed by atoms with van der Waals surface area (Å²) in [6.07, 6.45) is 0. The van der Waals surface area contributed by atoms with Crippen LogP contribution < -0.4 is 11.5 Å². The summed E-state index contributed by atoms with van der Waals surface area (Å²) >= 11 is 0. The molecule has 0 aromatic heterocycles. The second-order valence-corrected chi connectivity index (χ2v) is 2.92. The lowest BCUT2D eigenvalue weighted by molar-refractivity contribution is 0.381. The molecular weight excluding hydrogens is 200 g/mol. The molecule has 0 aromatic carbocycles. The van der Waals surface area contributed by atoms with Crippen molar-refractivity contribution in [1.82, 2.24) is 0 Å². The molecule has 0 aromatic rings. The standard InChI is InChI=1S/C4H10N4.H2O4S/c1-3(2)7-8-4(5)6;1-5(2,3)4/h1-2H3,(H4,5,6,8);(H2,1,2,3,4). The molecule has 0 bridgehead atoms. The Labute approximate surface area is 75.9 Å². The molecule has 0 saturated heterocycles. The van der Waals surface area contributed by atoms with E-state index >= 15 is 0 Å². The third-order valence-corrected chi connectivity index (χ3v) is 0.365. The van der Waals surface area contributed by atoms with E-state index < -0.39 is 10.4 Å². The van der Waals surface area contributed by atoms with Crippen molar-refractivity contribution < 1.29 is 17.5 Å². The number of nitrogens with zero attached hydrogens (tertiary/aromatic N) is 2. The Morgan fingerprint density at radius 3 is 1.54 bits per heavy atom. The monoisotopic (exact) mass is 212 g/mol. The molecule has 9 heteroatoms. The highest BCUT2D eigenvalue weighted by Crippen LogP contribution is 1.73. The first-order valence-electron chi connectivity index (χ1n) is 2.92. The molecule has 6 N–H and O–H groups in total. The van der Waals surface area contributed by atoms with E-state index in [1.807, 2.05) is 13.8 Å². The summed E-state index contributed by atoms with van der Waals surface area (Å²) in [6, 6.07) is 0. The van der Waals surface area contributed by atoms with Gasteiger partial charge in [-0.15, -0.1) is 5.10 Å². The van der Waals surface area contributed by atoms with Gasteiger partial charge in [-0.05, 0) is 13.8 Å². The van der Waals surface area contributed by atoms with E-state index in [0.717, 1.165) is 5.71 Å². The van der Waals surface area contributed by atoms with Gasteiger partial charge >= 0.3 is 10.4 Å². The van der Waals surface area contributed by atoms with Gasteiger partial charge in [0.05, 0.1) is 0 Å². The second-order valence-electron chi connectivity index (χ2n) is 2.02. The summed E-state index contributed by atoms with van der Waals surface area (Å²) in [5.41, 5.74) is 10.8. The molecular formula is C4H12N4O4S. The normalized spacial score (nSPS) is 9.23. The maximum Gasteiger partial charge on any atom is 0.394 e. The van der Waals surface area contributed by atoms with Crippen molar-refractivity contribution >= 4 is 22.1 Å². The zero-order chi connectivity index (χ0) is 11.1. The van der Waals surface area contributed by atoms with Gasteiger partial charge in [-0.3, -0.25) is 9.11 Å². The summed E-state index contributed by atoms with van der Waals surface area (Å²) in [5.74, 6) is -0.00815. The van der Waals surface area contributed by atoms with Crippen LogP contribution in [0.5, 0.6) is 0 Å². The molecule has 0 heterocycles. The molecule has 8 nitrogen and oxygen atoms in total. The first-order chi connectivity index (χ1) is 5.63. The zero-order valence-corrected chi connectivity index (χ0v) is 7.98. The lowest BCUT2D eigenvalue weighted by atomic mass is 10.5. The predicted octanol–water partition coefficient (Wildman–Crippen LogP) is -0.997. The van der Waals surface area contributed by atoms with Gasteiger partial charge < -0.3 is 11.5 Å². The van der Waals surface area contributed by atoms with Crippen LogP contribution in [0.25, 0.3) is 0 Å².